The lowest BCUT2D eigenvalue weighted by Crippen LogP contribution is -2.15. The minimum Gasteiger partial charge on any atom is -0.493 e. The molecule has 0 amide bonds. The van der Waals surface area contributed by atoms with Crippen molar-refractivity contribution in [1.29, 1.82) is 0 Å². The predicted molar refractivity (Wildman–Crippen MR) is 147 cm³/mol. The highest BCUT2D eigenvalue weighted by molar-refractivity contribution is 7.53. The zero-order valence-electron chi connectivity index (χ0n) is 22.1. The summed E-state index contributed by atoms with van der Waals surface area (Å²) in [6.07, 6.45) is 1.38. The number of nitrogens with two attached hydrogens (primary N) is 1. The lowest BCUT2D eigenvalue weighted by atomic mass is 10.1. The molecule has 2 aromatic carbocycles. The monoisotopic (exact) mass is 571 g/mol. The average Bonchev–Trinajstić information content (AvgIpc) is 3.37. The second-order valence-corrected chi connectivity index (χ2v) is 10.7. The smallest absolute Gasteiger partial charge is 0.333 e. The maximum absolute atomic E-state index is 13.6. The average molecular weight is 572 g/mol. The summed E-state index contributed by atoms with van der Waals surface area (Å²) in [5.41, 5.74) is 6.80. The lowest BCUT2D eigenvalue weighted by Gasteiger charge is -2.19. The van der Waals surface area contributed by atoms with Crippen LogP contribution in [0.5, 0.6) is 11.5 Å². The van der Waals surface area contributed by atoms with Crippen LogP contribution in [0.25, 0.3) is 11.2 Å². The summed E-state index contributed by atoms with van der Waals surface area (Å²) in [5.74, 6) is 0.442. The van der Waals surface area contributed by atoms with Crippen molar-refractivity contribution >= 4 is 30.5 Å². The van der Waals surface area contributed by atoms with Crippen molar-refractivity contribution in [2.75, 3.05) is 45.9 Å². The quantitative estimate of drug-likeness (QED) is 0.122. The van der Waals surface area contributed by atoms with Crippen LogP contribution in [0, 0.1) is 0 Å². The Labute approximate surface area is 229 Å². The molecular weight excluding hydrogens is 541 g/mol. The first-order chi connectivity index (χ1) is 19.3. The topological polar surface area (TPSA) is 170 Å². The molecule has 0 spiro atoms. The maximum atomic E-state index is 13.6. The molecule has 0 bridgehead atoms. The van der Waals surface area contributed by atoms with Crippen LogP contribution in [0.1, 0.15) is 15.9 Å². The second-order valence-electron chi connectivity index (χ2n) is 8.53. The molecule has 2 aromatic heterocycles. The zero-order valence-corrected chi connectivity index (χ0v) is 23.0. The lowest BCUT2D eigenvalue weighted by molar-refractivity contribution is 0.0885. The first kappa shape index (κ1) is 29.0. The normalized spacial score (nSPS) is 12.8. The number of imidazole rings is 1. The summed E-state index contributed by atoms with van der Waals surface area (Å²) in [6.45, 7) is 0.109. The number of ether oxygens (including phenoxy) is 3. The molecule has 1 unspecified atom stereocenters. The standard InChI is InChI=1S/C26H30N5O8P/c1-35-21-9-8-19(14-22(21)36-2)20(32)16-39-40(34,38-15-18-6-4-3-5-7-18)13-12-37-11-10-31-17-28-23-24(31)29-26(27)30-25(23)33/h3-9,14,17H,10-13,15-16H2,1-2H3,(H3,27,29,30,33). The molecule has 1 atom stereocenters. The molecule has 0 radical (unpaired) electrons. The number of nitrogen functional groups attached to an aromatic ring is 1. The molecule has 0 fully saturated rings. The summed E-state index contributed by atoms with van der Waals surface area (Å²) >= 11 is 0. The van der Waals surface area contributed by atoms with E-state index in [2.05, 4.69) is 15.0 Å². The van der Waals surface area contributed by atoms with Gasteiger partial charge in [-0.05, 0) is 23.8 Å². The van der Waals surface area contributed by atoms with Crippen molar-refractivity contribution < 1.29 is 32.6 Å². The Morgan fingerprint density at radius 1 is 1.05 bits per heavy atom. The van der Waals surface area contributed by atoms with Gasteiger partial charge in [0.2, 0.25) is 5.95 Å². The Morgan fingerprint density at radius 2 is 1.82 bits per heavy atom. The number of aromatic amines is 1. The van der Waals surface area contributed by atoms with Crippen LogP contribution in [-0.2, 0) is 31.5 Å². The van der Waals surface area contributed by atoms with Crippen LogP contribution < -0.4 is 20.8 Å². The molecule has 4 rings (SSSR count). The van der Waals surface area contributed by atoms with Gasteiger partial charge in [-0.25, -0.2) is 4.98 Å². The highest BCUT2D eigenvalue weighted by Crippen LogP contribution is 2.48. The molecule has 40 heavy (non-hydrogen) atoms. The molecule has 14 heteroatoms. The zero-order chi connectivity index (χ0) is 28.5. The number of carbonyl (C=O) groups is 1. The van der Waals surface area contributed by atoms with E-state index in [1.54, 1.807) is 16.7 Å². The molecule has 0 aliphatic rings. The van der Waals surface area contributed by atoms with Gasteiger partial charge in [-0.3, -0.25) is 19.1 Å². The van der Waals surface area contributed by atoms with Gasteiger partial charge < -0.3 is 33.6 Å². The van der Waals surface area contributed by atoms with Crippen molar-refractivity contribution in [2.45, 2.75) is 13.2 Å². The number of aromatic nitrogens is 4. The van der Waals surface area contributed by atoms with Gasteiger partial charge in [0, 0.05) is 12.1 Å². The molecule has 2 heterocycles. The summed E-state index contributed by atoms with van der Waals surface area (Å²) in [6, 6.07) is 13.9. The molecule has 212 valence electrons. The molecule has 13 nitrogen and oxygen atoms in total. The van der Waals surface area contributed by atoms with Crippen LogP contribution >= 0.6 is 7.60 Å². The van der Waals surface area contributed by atoms with Crippen LogP contribution in [0.2, 0.25) is 0 Å². The van der Waals surface area contributed by atoms with Crippen molar-refractivity contribution in [3.63, 3.8) is 0 Å². The Morgan fingerprint density at radius 3 is 2.58 bits per heavy atom. The first-order valence-corrected chi connectivity index (χ1v) is 14.0. The number of ketones is 1. The number of rotatable bonds is 15. The highest BCUT2D eigenvalue weighted by Gasteiger charge is 2.27. The van der Waals surface area contributed by atoms with Crippen molar-refractivity contribution in [3.8, 4) is 11.5 Å². The van der Waals surface area contributed by atoms with Crippen LogP contribution in [0.4, 0.5) is 5.95 Å². The van der Waals surface area contributed by atoms with Gasteiger partial charge in [-0.1, -0.05) is 30.3 Å². The summed E-state index contributed by atoms with van der Waals surface area (Å²) < 4.78 is 42.6. The third kappa shape index (κ3) is 7.33. The first-order valence-electron chi connectivity index (χ1n) is 12.3. The predicted octanol–water partition coefficient (Wildman–Crippen LogP) is 3.05. The van der Waals surface area contributed by atoms with Gasteiger partial charge in [-0.2, -0.15) is 4.98 Å². The van der Waals surface area contributed by atoms with Crippen molar-refractivity contribution in [1.82, 2.24) is 19.5 Å². The number of hydrogen-bond acceptors (Lipinski definition) is 11. The number of hydrogen-bond donors (Lipinski definition) is 2. The fourth-order valence-electron chi connectivity index (χ4n) is 3.74. The summed E-state index contributed by atoms with van der Waals surface area (Å²) in [4.78, 5) is 35.3. The Hall–Kier alpha value is -4.03. The van der Waals surface area contributed by atoms with Crippen LogP contribution in [0.3, 0.4) is 0 Å². The largest absolute Gasteiger partial charge is 0.493 e. The molecule has 4 aromatic rings. The van der Waals surface area contributed by atoms with E-state index in [4.69, 9.17) is 29.0 Å². The molecule has 3 N–H and O–H groups in total. The Kier molecular flexibility index (Phi) is 9.67. The molecule has 0 aliphatic carbocycles. The number of methoxy groups -OCH3 is 2. The Bertz CT molecular complexity index is 1560. The van der Waals surface area contributed by atoms with Gasteiger partial charge in [0.25, 0.3) is 5.56 Å². The number of nitrogens with zero attached hydrogens (tertiary/aromatic N) is 3. The van der Waals surface area contributed by atoms with Gasteiger partial charge in [0.05, 0.1) is 46.5 Å². The number of carbonyl (C=O) groups excluding carboxylic acids is 1. The van der Waals surface area contributed by atoms with Gasteiger partial charge in [-0.15, -0.1) is 0 Å². The van der Waals surface area contributed by atoms with E-state index < -0.39 is 25.5 Å². The van der Waals surface area contributed by atoms with E-state index in [1.807, 2.05) is 30.3 Å². The minimum absolute atomic E-state index is 0.0172. The summed E-state index contributed by atoms with van der Waals surface area (Å²) in [5, 5.41) is 0. The van der Waals surface area contributed by atoms with Gasteiger partial charge in [0.1, 0.15) is 6.61 Å². The third-order valence-electron chi connectivity index (χ3n) is 5.85. The van der Waals surface area contributed by atoms with E-state index in [0.29, 0.717) is 29.3 Å². The van der Waals surface area contributed by atoms with Crippen LogP contribution in [0.15, 0.2) is 59.7 Å². The highest BCUT2D eigenvalue weighted by atomic mass is 31.2. The third-order valence-corrected chi connectivity index (χ3v) is 7.62. The van der Waals surface area contributed by atoms with Crippen LogP contribution in [-0.4, -0.2) is 65.5 Å². The molecular formula is C26H30N5O8P. The maximum Gasteiger partial charge on any atom is 0.333 e. The van der Waals surface area contributed by atoms with Gasteiger partial charge >= 0.3 is 7.60 Å². The molecule has 0 saturated carbocycles. The van der Waals surface area contributed by atoms with E-state index >= 15 is 0 Å². The molecule has 0 aliphatic heterocycles. The fourth-order valence-corrected chi connectivity index (χ4v) is 5.08. The van der Waals surface area contributed by atoms with E-state index in [-0.39, 0.29) is 37.4 Å². The van der Waals surface area contributed by atoms with E-state index in [9.17, 15) is 14.2 Å². The second kappa shape index (κ2) is 13.4. The summed E-state index contributed by atoms with van der Waals surface area (Å²) in [7, 11) is -0.777. The molecule has 0 saturated heterocycles. The van der Waals surface area contributed by atoms with E-state index in [0.717, 1.165) is 5.56 Å². The minimum atomic E-state index is -3.74. The number of H-pyrrole nitrogens is 1. The van der Waals surface area contributed by atoms with Gasteiger partial charge in [0.15, 0.2) is 28.4 Å². The number of benzene rings is 2. The SMILES string of the molecule is COc1ccc(C(=O)COP(=O)(CCOCCn2cnc3c(=O)[nH]c(N)nc32)OCc2ccccc2)cc1OC. The van der Waals surface area contributed by atoms with E-state index in [1.165, 1.54) is 26.6 Å². The fraction of sp³-hybridized carbons (Fsp3) is 0.308. The van der Waals surface area contributed by atoms with Crippen molar-refractivity contribution in [3.05, 3.63) is 76.3 Å². The number of Topliss-reactive ketones (excluding diaryl/α,β-unsaturated/α-hetero) is 1. The van der Waals surface area contributed by atoms with Crippen molar-refractivity contribution in [2.24, 2.45) is 0 Å². The Balaban J connectivity index is 1.36. The number of fused-ring (bicyclic) bond motifs is 1. The number of anilines is 1. The number of nitrogens with one attached hydrogen (secondary N) is 1.